The van der Waals surface area contributed by atoms with E-state index in [2.05, 4.69) is 18.8 Å². The number of amides is 1. The monoisotopic (exact) mass is 305 g/mol. The molecule has 4 nitrogen and oxygen atoms in total. The molecule has 114 valence electrons. The minimum Gasteiger partial charge on any atom is -0.389 e. The van der Waals surface area contributed by atoms with Crippen molar-refractivity contribution in [3.8, 4) is 0 Å². The predicted octanol–water partition coefficient (Wildman–Crippen LogP) is 2.76. The van der Waals surface area contributed by atoms with Gasteiger partial charge in [0.1, 0.15) is 10.7 Å². The van der Waals surface area contributed by atoms with Crippen molar-refractivity contribution in [2.45, 2.75) is 45.6 Å². The molecule has 0 unspecified atom stereocenters. The van der Waals surface area contributed by atoms with Gasteiger partial charge in [-0.3, -0.25) is 9.78 Å². The molecular formula is C16H23N3OS. The fraction of sp³-hybridized carbons (Fsp3) is 0.562. The summed E-state index contributed by atoms with van der Waals surface area (Å²) in [6.07, 6.45) is 5.99. The Balaban J connectivity index is 2.04. The molecule has 1 saturated carbocycles. The van der Waals surface area contributed by atoms with Gasteiger partial charge in [0.05, 0.1) is 0 Å². The number of nitrogens with two attached hydrogens (primary N) is 1. The number of aromatic nitrogens is 1. The molecule has 0 atom stereocenters. The van der Waals surface area contributed by atoms with Gasteiger partial charge in [-0.2, -0.15) is 0 Å². The average molecular weight is 305 g/mol. The number of rotatable bonds is 3. The third kappa shape index (κ3) is 3.79. The van der Waals surface area contributed by atoms with E-state index in [4.69, 9.17) is 18.0 Å². The Labute approximate surface area is 131 Å². The fourth-order valence-corrected chi connectivity index (χ4v) is 2.90. The van der Waals surface area contributed by atoms with E-state index >= 15 is 0 Å². The zero-order chi connectivity index (χ0) is 15.6. The molecule has 0 spiro atoms. The van der Waals surface area contributed by atoms with Crippen molar-refractivity contribution < 1.29 is 4.79 Å². The molecule has 2 rings (SSSR count). The van der Waals surface area contributed by atoms with Gasteiger partial charge in [0.25, 0.3) is 5.91 Å². The van der Waals surface area contributed by atoms with E-state index < -0.39 is 0 Å². The zero-order valence-corrected chi connectivity index (χ0v) is 13.7. The molecule has 5 heteroatoms. The Hall–Kier alpha value is -1.49. The number of carbonyl (C=O) groups is 1. The highest BCUT2D eigenvalue weighted by atomic mass is 32.1. The van der Waals surface area contributed by atoms with E-state index in [0.29, 0.717) is 27.7 Å². The first-order valence-corrected chi connectivity index (χ1v) is 7.74. The first-order valence-electron chi connectivity index (χ1n) is 7.33. The Morgan fingerprint density at radius 3 is 2.48 bits per heavy atom. The average Bonchev–Trinajstić information content (AvgIpc) is 2.46. The molecule has 0 saturated heterocycles. The number of hydrogen-bond acceptors (Lipinski definition) is 3. The van der Waals surface area contributed by atoms with Crippen LogP contribution in [0.1, 0.15) is 55.6 Å². The molecule has 21 heavy (non-hydrogen) atoms. The number of nitrogens with zero attached hydrogens (tertiary/aromatic N) is 2. The molecule has 1 aliphatic carbocycles. The maximum Gasteiger partial charge on any atom is 0.272 e. The smallest absolute Gasteiger partial charge is 0.272 e. The van der Waals surface area contributed by atoms with Crippen molar-refractivity contribution in [1.29, 1.82) is 0 Å². The Morgan fingerprint density at radius 2 is 2.00 bits per heavy atom. The third-order valence-corrected chi connectivity index (χ3v) is 4.68. The van der Waals surface area contributed by atoms with Gasteiger partial charge in [0.15, 0.2) is 0 Å². The summed E-state index contributed by atoms with van der Waals surface area (Å²) >= 11 is 4.89. The lowest BCUT2D eigenvalue weighted by Gasteiger charge is -2.38. The normalized spacial score (nSPS) is 18.2. The van der Waals surface area contributed by atoms with Gasteiger partial charge in [0, 0.05) is 24.8 Å². The van der Waals surface area contributed by atoms with E-state index in [1.165, 1.54) is 0 Å². The Morgan fingerprint density at radius 1 is 1.38 bits per heavy atom. The van der Waals surface area contributed by atoms with Crippen LogP contribution in [0.5, 0.6) is 0 Å². The van der Waals surface area contributed by atoms with Crippen LogP contribution in [0.2, 0.25) is 0 Å². The summed E-state index contributed by atoms with van der Waals surface area (Å²) in [6.45, 7) is 4.59. The Bertz CT molecular complexity index is 529. The number of thiocarbonyl (C=S) groups is 1. The van der Waals surface area contributed by atoms with E-state index in [0.717, 1.165) is 25.7 Å². The highest BCUT2D eigenvalue weighted by Crippen LogP contribution is 2.36. The molecule has 1 fully saturated rings. The topological polar surface area (TPSA) is 59.2 Å². The molecule has 1 aliphatic rings. The van der Waals surface area contributed by atoms with E-state index in [1.54, 1.807) is 18.3 Å². The predicted molar refractivity (Wildman–Crippen MR) is 88.3 cm³/mol. The summed E-state index contributed by atoms with van der Waals surface area (Å²) in [5, 5.41) is 0. The standard InChI is InChI=1S/C16H23N3OS/c1-16(2)8-6-12(7-9-16)19(3)15(20)13-5-4-11(10-18-13)14(17)21/h4-5,10,12H,6-9H2,1-3H3,(H2,17,21). The summed E-state index contributed by atoms with van der Waals surface area (Å²) in [7, 11) is 1.87. The van der Waals surface area contributed by atoms with Gasteiger partial charge in [-0.25, -0.2) is 0 Å². The second kappa shape index (κ2) is 6.10. The minimum absolute atomic E-state index is 0.0332. The zero-order valence-electron chi connectivity index (χ0n) is 12.9. The van der Waals surface area contributed by atoms with Crippen LogP contribution < -0.4 is 5.73 Å². The second-order valence-electron chi connectivity index (χ2n) is 6.61. The molecule has 1 aromatic rings. The van der Waals surface area contributed by atoms with Crippen molar-refractivity contribution in [2.24, 2.45) is 11.1 Å². The van der Waals surface area contributed by atoms with Gasteiger partial charge >= 0.3 is 0 Å². The lowest BCUT2D eigenvalue weighted by molar-refractivity contribution is 0.0629. The summed E-state index contributed by atoms with van der Waals surface area (Å²) in [5.74, 6) is -0.0332. The second-order valence-corrected chi connectivity index (χ2v) is 7.05. The summed E-state index contributed by atoms with van der Waals surface area (Å²) in [6, 6.07) is 3.75. The van der Waals surface area contributed by atoms with Gasteiger partial charge in [-0.15, -0.1) is 0 Å². The summed E-state index contributed by atoms with van der Waals surface area (Å²) in [4.78, 5) is 18.8. The highest BCUT2D eigenvalue weighted by Gasteiger charge is 2.31. The highest BCUT2D eigenvalue weighted by molar-refractivity contribution is 7.80. The van der Waals surface area contributed by atoms with E-state index in [9.17, 15) is 4.79 Å². The van der Waals surface area contributed by atoms with Crippen LogP contribution in [0, 0.1) is 5.41 Å². The molecule has 1 aromatic heterocycles. The molecule has 0 bridgehead atoms. The van der Waals surface area contributed by atoms with Crippen molar-refractivity contribution in [2.75, 3.05) is 7.05 Å². The van der Waals surface area contributed by atoms with Crippen LogP contribution in [-0.4, -0.2) is 33.9 Å². The van der Waals surface area contributed by atoms with Gasteiger partial charge in [-0.1, -0.05) is 26.1 Å². The van der Waals surface area contributed by atoms with E-state index in [-0.39, 0.29) is 5.91 Å². The van der Waals surface area contributed by atoms with Crippen molar-refractivity contribution in [3.63, 3.8) is 0 Å². The number of hydrogen-bond donors (Lipinski definition) is 1. The van der Waals surface area contributed by atoms with Crippen LogP contribution in [0.25, 0.3) is 0 Å². The molecule has 1 heterocycles. The van der Waals surface area contributed by atoms with Gasteiger partial charge < -0.3 is 10.6 Å². The van der Waals surface area contributed by atoms with Crippen LogP contribution in [0.15, 0.2) is 18.3 Å². The van der Waals surface area contributed by atoms with E-state index in [1.807, 2.05) is 11.9 Å². The maximum atomic E-state index is 12.5. The number of pyridine rings is 1. The van der Waals surface area contributed by atoms with Gasteiger partial charge in [-0.05, 0) is 43.2 Å². The SMILES string of the molecule is CN(C(=O)c1ccc(C(N)=S)cn1)C1CCC(C)(C)CC1. The molecule has 0 aliphatic heterocycles. The van der Waals surface area contributed by atoms with Crippen LogP contribution in [0.4, 0.5) is 0 Å². The minimum atomic E-state index is -0.0332. The summed E-state index contributed by atoms with van der Waals surface area (Å²) < 4.78 is 0. The molecule has 2 N–H and O–H groups in total. The van der Waals surface area contributed by atoms with Gasteiger partial charge in [0.2, 0.25) is 0 Å². The Kier molecular flexibility index (Phi) is 4.61. The van der Waals surface area contributed by atoms with Crippen molar-refractivity contribution in [1.82, 2.24) is 9.88 Å². The first-order chi connectivity index (χ1) is 9.80. The quantitative estimate of drug-likeness (QED) is 0.872. The largest absolute Gasteiger partial charge is 0.389 e. The van der Waals surface area contributed by atoms with Crippen LogP contribution >= 0.6 is 12.2 Å². The maximum absolute atomic E-state index is 12.5. The lowest BCUT2D eigenvalue weighted by Crippen LogP contribution is -2.41. The molecular weight excluding hydrogens is 282 g/mol. The fourth-order valence-electron chi connectivity index (χ4n) is 2.78. The number of carbonyl (C=O) groups excluding carboxylic acids is 1. The first kappa shape index (κ1) is 15.9. The van der Waals surface area contributed by atoms with Crippen LogP contribution in [0.3, 0.4) is 0 Å². The van der Waals surface area contributed by atoms with Crippen molar-refractivity contribution in [3.05, 3.63) is 29.6 Å². The van der Waals surface area contributed by atoms with Crippen LogP contribution in [-0.2, 0) is 0 Å². The van der Waals surface area contributed by atoms with Crippen molar-refractivity contribution >= 4 is 23.1 Å². The molecule has 0 radical (unpaired) electrons. The summed E-state index contributed by atoms with van der Waals surface area (Å²) in [5.41, 5.74) is 7.07. The molecule has 1 amide bonds. The molecule has 0 aromatic carbocycles. The lowest BCUT2D eigenvalue weighted by atomic mass is 9.75. The third-order valence-electron chi connectivity index (χ3n) is 4.44.